The highest BCUT2D eigenvalue weighted by atomic mass is 16.6. The van der Waals surface area contributed by atoms with E-state index in [0.717, 1.165) is 17.7 Å². The van der Waals surface area contributed by atoms with Gasteiger partial charge in [-0.1, -0.05) is 13.3 Å². The number of unbranched alkanes of at least 4 members (excludes halogenated alkanes) is 1. The van der Waals surface area contributed by atoms with Crippen LogP contribution in [0.5, 0.6) is 0 Å². The maximum absolute atomic E-state index is 12.2. The molecule has 0 aromatic rings. The van der Waals surface area contributed by atoms with E-state index in [9.17, 15) is 19.8 Å². The van der Waals surface area contributed by atoms with Gasteiger partial charge >= 0.3 is 12.1 Å². The summed E-state index contributed by atoms with van der Waals surface area (Å²) >= 11 is 0. The minimum absolute atomic E-state index is 0.199. The number of amides is 1. The van der Waals surface area contributed by atoms with Crippen LogP contribution in [0.3, 0.4) is 0 Å². The molecule has 7 heteroatoms. The predicted octanol–water partition coefficient (Wildman–Crippen LogP) is 0.281. The van der Waals surface area contributed by atoms with E-state index in [1.807, 2.05) is 6.92 Å². The summed E-state index contributed by atoms with van der Waals surface area (Å²) < 4.78 is 10.1. The summed E-state index contributed by atoms with van der Waals surface area (Å²) in [5.74, 6) is -1.05. The van der Waals surface area contributed by atoms with E-state index in [2.05, 4.69) is 0 Å². The second-order valence-electron chi connectivity index (χ2n) is 5.52. The summed E-state index contributed by atoms with van der Waals surface area (Å²) in [6.07, 6.45) is -0.544. The van der Waals surface area contributed by atoms with Crippen LogP contribution >= 0.6 is 0 Å². The van der Waals surface area contributed by atoms with Crippen molar-refractivity contribution in [3.8, 4) is 0 Å². The second kappa shape index (κ2) is 6.62. The number of piperidine rings is 1. The number of rotatable bonds is 5. The quantitative estimate of drug-likeness (QED) is 0.559. The summed E-state index contributed by atoms with van der Waals surface area (Å²) in [5.41, 5.74) is 0. The number of hydrogen-bond donors (Lipinski definition) is 2. The average Bonchev–Trinajstić information content (AvgIpc) is 2.88. The van der Waals surface area contributed by atoms with Crippen molar-refractivity contribution in [2.75, 3.05) is 13.2 Å². The minimum Gasteiger partial charge on any atom is -0.464 e. The molecule has 2 N–H and O–H groups in total. The number of aliphatic hydroxyl groups excluding tert-OH is 2. The van der Waals surface area contributed by atoms with Crippen molar-refractivity contribution in [3.63, 3.8) is 0 Å². The molecule has 2 aliphatic rings. The molecule has 1 aliphatic carbocycles. The van der Waals surface area contributed by atoms with Crippen molar-refractivity contribution in [3.05, 3.63) is 0 Å². The van der Waals surface area contributed by atoms with E-state index in [0.29, 0.717) is 0 Å². The van der Waals surface area contributed by atoms with Crippen molar-refractivity contribution in [1.29, 1.82) is 0 Å². The van der Waals surface area contributed by atoms with Gasteiger partial charge in [-0.3, -0.25) is 4.90 Å². The lowest BCUT2D eigenvalue weighted by Crippen LogP contribution is -2.54. The zero-order valence-corrected chi connectivity index (χ0v) is 12.4. The number of fused-ring (bicyclic) bond motifs is 2. The topological polar surface area (TPSA) is 96.3 Å². The molecule has 0 aromatic carbocycles. The molecule has 120 valence electrons. The van der Waals surface area contributed by atoms with E-state index in [1.165, 1.54) is 0 Å². The molecule has 1 saturated carbocycles. The number of carbonyl (C=O) groups is 2. The van der Waals surface area contributed by atoms with Crippen molar-refractivity contribution in [1.82, 2.24) is 4.90 Å². The Labute approximate surface area is 123 Å². The first kappa shape index (κ1) is 16.0. The van der Waals surface area contributed by atoms with Crippen LogP contribution < -0.4 is 0 Å². The van der Waals surface area contributed by atoms with Gasteiger partial charge in [0.1, 0.15) is 6.04 Å². The third-order valence-corrected chi connectivity index (χ3v) is 4.19. The summed E-state index contributed by atoms with van der Waals surface area (Å²) in [7, 11) is 0. The number of nitrogens with zero attached hydrogens (tertiary/aromatic N) is 1. The van der Waals surface area contributed by atoms with Crippen LogP contribution in [0.1, 0.15) is 33.1 Å². The van der Waals surface area contributed by atoms with Gasteiger partial charge < -0.3 is 19.7 Å². The van der Waals surface area contributed by atoms with Gasteiger partial charge in [-0.15, -0.1) is 0 Å². The molecule has 21 heavy (non-hydrogen) atoms. The fourth-order valence-corrected chi connectivity index (χ4v) is 3.23. The largest absolute Gasteiger partial charge is 0.464 e. The van der Waals surface area contributed by atoms with Crippen molar-refractivity contribution in [2.24, 2.45) is 5.92 Å². The molecule has 1 amide bonds. The van der Waals surface area contributed by atoms with Gasteiger partial charge in [-0.25, -0.2) is 9.59 Å². The molecule has 0 aromatic heterocycles. The lowest BCUT2D eigenvalue weighted by molar-refractivity contribution is -0.151. The van der Waals surface area contributed by atoms with Crippen LogP contribution in [0.25, 0.3) is 0 Å². The molecule has 0 radical (unpaired) electrons. The molecular formula is C14H23NO6. The number of hydrogen-bond acceptors (Lipinski definition) is 6. The molecule has 2 bridgehead atoms. The van der Waals surface area contributed by atoms with Crippen LogP contribution in [-0.4, -0.2) is 64.7 Å². The highest BCUT2D eigenvalue weighted by Crippen LogP contribution is 2.43. The van der Waals surface area contributed by atoms with Crippen LogP contribution in [0.15, 0.2) is 0 Å². The SMILES string of the molecule is CCCCOC(=O)N1C2C(O)C(C[C@H]2O)[C@H]1C(=O)OCC. The van der Waals surface area contributed by atoms with Gasteiger partial charge in [0.25, 0.3) is 0 Å². The smallest absolute Gasteiger partial charge is 0.410 e. The predicted molar refractivity (Wildman–Crippen MR) is 72.4 cm³/mol. The molecule has 2 rings (SSSR count). The Kier molecular flexibility index (Phi) is 5.05. The van der Waals surface area contributed by atoms with Crippen molar-refractivity contribution in [2.45, 2.75) is 57.4 Å². The highest BCUT2D eigenvalue weighted by molar-refractivity contribution is 5.83. The zero-order chi connectivity index (χ0) is 15.6. The van der Waals surface area contributed by atoms with E-state index >= 15 is 0 Å². The fraction of sp³-hybridized carbons (Fsp3) is 0.857. The standard InChI is InChI=1S/C14H23NO6/c1-3-5-6-21-14(19)15-10(13(18)20-4-2)8-7-9(16)11(15)12(8)17/h8-12,16-17H,3-7H2,1-2H3/t8?,9-,10+,11?,12?/m1/s1. The third-order valence-electron chi connectivity index (χ3n) is 4.19. The lowest BCUT2D eigenvalue weighted by Gasteiger charge is -2.34. The van der Waals surface area contributed by atoms with E-state index in [-0.39, 0.29) is 19.6 Å². The van der Waals surface area contributed by atoms with Crippen molar-refractivity contribution >= 4 is 12.1 Å². The van der Waals surface area contributed by atoms with Crippen LogP contribution in [-0.2, 0) is 14.3 Å². The number of aliphatic hydroxyl groups is 2. The summed E-state index contributed by atoms with van der Waals surface area (Å²) in [6, 6.07) is -1.67. The third kappa shape index (κ3) is 2.85. The Bertz CT molecular complexity index is 401. The molecule has 7 nitrogen and oxygen atoms in total. The Hall–Kier alpha value is -1.34. The van der Waals surface area contributed by atoms with Gasteiger partial charge in [0.15, 0.2) is 0 Å². The number of carbonyl (C=O) groups excluding carboxylic acids is 2. The van der Waals surface area contributed by atoms with Crippen LogP contribution in [0.2, 0.25) is 0 Å². The van der Waals surface area contributed by atoms with Gasteiger partial charge in [0.05, 0.1) is 31.5 Å². The number of esters is 1. The molecule has 3 unspecified atom stereocenters. The number of ether oxygens (including phenoxy) is 2. The molecular weight excluding hydrogens is 278 g/mol. The van der Waals surface area contributed by atoms with E-state index in [1.54, 1.807) is 6.92 Å². The molecule has 1 heterocycles. The van der Waals surface area contributed by atoms with Gasteiger partial charge in [0.2, 0.25) is 0 Å². The summed E-state index contributed by atoms with van der Waals surface area (Å²) in [5, 5.41) is 20.1. The maximum Gasteiger partial charge on any atom is 0.410 e. The van der Waals surface area contributed by atoms with Gasteiger partial charge in [0, 0.05) is 5.92 Å². The Morgan fingerprint density at radius 2 is 1.95 bits per heavy atom. The van der Waals surface area contributed by atoms with E-state index in [4.69, 9.17) is 9.47 Å². The van der Waals surface area contributed by atoms with Crippen molar-refractivity contribution < 1.29 is 29.3 Å². The lowest BCUT2D eigenvalue weighted by atomic mass is 9.97. The monoisotopic (exact) mass is 301 g/mol. The van der Waals surface area contributed by atoms with Gasteiger partial charge in [-0.2, -0.15) is 0 Å². The Balaban J connectivity index is 2.14. The van der Waals surface area contributed by atoms with Crippen LogP contribution in [0, 0.1) is 5.92 Å². The molecule has 0 spiro atoms. The average molecular weight is 301 g/mol. The first-order valence-corrected chi connectivity index (χ1v) is 7.50. The van der Waals surface area contributed by atoms with E-state index < -0.39 is 42.3 Å². The molecule has 1 aliphatic heterocycles. The Morgan fingerprint density at radius 3 is 2.57 bits per heavy atom. The zero-order valence-electron chi connectivity index (χ0n) is 12.4. The van der Waals surface area contributed by atoms with Gasteiger partial charge in [-0.05, 0) is 19.8 Å². The summed E-state index contributed by atoms with van der Waals surface area (Å²) in [6.45, 7) is 4.11. The summed E-state index contributed by atoms with van der Waals surface area (Å²) in [4.78, 5) is 25.4. The fourth-order valence-electron chi connectivity index (χ4n) is 3.23. The normalized spacial score (nSPS) is 34.1. The molecule has 2 fully saturated rings. The minimum atomic E-state index is -0.923. The molecule has 5 atom stereocenters. The maximum atomic E-state index is 12.2. The number of likely N-dealkylation sites (tertiary alicyclic amines) is 1. The molecule has 1 saturated heterocycles. The Morgan fingerprint density at radius 1 is 1.24 bits per heavy atom. The first-order valence-electron chi connectivity index (χ1n) is 7.50. The highest BCUT2D eigenvalue weighted by Gasteiger charge is 2.62. The van der Waals surface area contributed by atoms with Crippen LogP contribution in [0.4, 0.5) is 4.79 Å². The first-order chi connectivity index (χ1) is 10.0. The second-order valence-corrected chi connectivity index (χ2v) is 5.52.